The third kappa shape index (κ3) is 5.15. The number of benzene rings is 9. The van der Waals surface area contributed by atoms with Crippen LogP contribution in [0.25, 0.3) is 65.7 Å². The van der Waals surface area contributed by atoms with E-state index in [9.17, 15) is 0 Å². The Kier molecular flexibility index (Phi) is 7.50. The van der Waals surface area contributed by atoms with Crippen molar-refractivity contribution in [2.75, 3.05) is 0 Å². The van der Waals surface area contributed by atoms with Gasteiger partial charge in [-0.1, -0.05) is 200 Å². The molecule has 0 aliphatic rings. The lowest BCUT2D eigenvalue weighted by atomic mass is 9.98. The maximum Gasteiger partial charge on any atom is 0.171 e. The second-order valence-electron chi connectivity index (χ2n) is 12.8. The van der Waals surface area contributed by atoms with Crippen molar-refractivity contribution in [3.63, 3.8) is 0 Å². The molecule has 0 aliphatic carbocycles. The van der Waals surface area contributed by atoms with E-state index in [1.807, 2.05) is 0 Å². The van der Waals surface area contributed by atoms with E-state index in [0.29, 0.717) is 0 Å². The highest BCUT2D eigenvalue weighted by atomic mass is 31.2. The highest BCUT2D eigenvalue weighted by Gasteiger charge is 2.30. The molecular formula is C48H33OP. The Morgan fingerprint density at radius 2 is 0.520 bits per heavy atom. The zero-order valence-electron chi connectivity index (χ0n) is 27.4. The van der Waals surface area contributed by atoms with Gasteiger partial charge in [0.1, 0.15) is 0 Å². The van der Waals surface area contributed by atoms with Gasteiger partial charge in [0, 0.05) is 15.9 Å². The van der Waals surface area contributed by atoms with Crippen LogP contribution in [0, 0.1) is 0 Å². The van der Waals surface area contributed by atoms with Gasteiger partial charge in [0.15, 0.2) is 7.14 Å². The second-order valence-corrected chi connectivity index (χ2v) is 15.6. The lowest BCUT2D eigenvalue weighted by Gasteiger charge is -2.21. The van der Waals surface area contributed by atoms with Crippen molar-refractivity contribution in [3.05, 3.63) is 200 Å². The van der Waals surface area contributed by atoms with Crippen molar-refractivity contribution in [3.8, 4) is 33.4 Å². The summed E-state index contributed by atoms with van der Waals surface area (Å²) in [4.78, 5) is 0. The molecule has 50 heavy (non-hydrogen) atoms. The highest BCUT2D eigenvalue weighted by Crippen LogP contribution is 2.44. The van der Waals surface area contributed by atoms with E-state index < -0.39 is 7.14 Å². The van der Waals surface area contributed by atoms with Crippen LogP contribution in [-0.2, 0) is 4.57 Å². The van der Waals surface area contributed by atoms with Crippen molar-refractivity contribution in [1.29, 1.82) is 0 Å². The van der Waals surface area contributed by atoms with Crippen LogP contribution in [0.2, 0.25) is 0 Å². The number of hydrogen-bond acceptors (Lipinski definition) is 1. The summed E-state index contributed by atoms with van der Waals surface area (Å²) in [5.41, 5.74) is 6.83. The molecule has 0 aliphatic heterocycles. The van der Waals surface area contributed by atoms with Crippen molar-refractivity contribution < 1.29 is 4.57 Å². The topological polar surface area (TPSA) is 17.1 Å². The summed E-state index contributed by atoms with van der Waals surface area (Å²) in [6, 6.07) is 69.7. The zero-order chi connectivity index (χ0) is 33.5. The fourth-order valence-corrected chi connectivity index (χ4v) is 10.0. The van der Waals surface area contributed by atoms with E-state index in [-0.39, 0.29) is 0 Å². The average Bonchev–Trinajstić information content (AvgIpc) is 3.20. The largest absolute Gasteiger partial charge is 0.309 e. The third-order valence-corrected chi connectivity index (χ3v) is 13.1. The SMILES string of the molecule is O=P(c1ccc(-c2cccc3ccccc23)cc1)(c1ccc(-c2cccc3ccccc23)cc1)c1ccc(-c2cccc3ccccc23)cc1. The van der Waals surface area contributed by atoms with Crippen LogP contribution < -0.4 is 15.9 Å². The lowest BCUT2D eigenvalue weighted by Crippen LogP contribution is -2.25. The van der Waals surface area contributed by atoms with E-state index in [0.717, 1.165) is 32.6 Å². The molecular weight excluding hydrogens is 624 g/mol. The first-order valence-electron chi connectivity index (χ1n) is 17.0. The molecule has 0 radical (unpaired) electrons. The average molecular weight is 657 g/mol. The van der Waals surface area contributed by atoms with E-state index >= 15 is 4.57 Å². The van der Waals surface area contributed by atoms with Crippen LogP contribution in [-0.4, -0.2) is 0 Å². The van der Waals surface area contributed by atoms with Gasteiger partial charge in [-0.15, -0.1) is 0 Å². The predicted octanol–water partition coefficient (Wildman–Crippen LogP) is 11.8. The Morgan fingerprint density at radius 1 is 0.260 bits per heavy atom. The highest BCUT2D eigenvalue weighted by molar-refractivity contribution is 7.85. The second kappa shape index (κ2) is 12.5. The normalized spacial score (nSPS) is 11.7. The molecule has 0 unspecified atom stereocenters. The fourth-order valence-electron chi connectivity index (χ4n) is 7.43. The van der Waals surface area contributed by atoms with Crippen molar-refractivity contribution in [2.24, 2.45) is 0 Å². The maximum absolute atomic E-state index is 15.8. The summed E-state index contributed by atoms with van der Waals surface area (Å²) >= 11 is 0. The van der Waals surface area contributed by atoms with Crippen LogP contribution in [0.15, 0.2) is 200 Å². The minimum Gasteiger partial charge on any atom is -0.309 e. The molecule has 9 aromatic rings. The molecule has 0 aromatic heterocycles. The number of hydrogen-bond donors (Lipinski definition) is 0. The lowest BCUT2D eigenvalue weighted by molar-refractivity contribution is 0.592. The first-order valence-corrected chi connectivity index (χ1v) is 18.7. The summed E-state index contributed by atoms with van der Waals surface area (Å²) < 4.78 is 15.8. The summed E-state index contributed by atoms with van der Waals surface area (Å²) in [7, 11) is -3.25. The first-order chi connectivity index (χ1) is 24.7. The van der Waals surface area contributed by atoms with Crippen molar-refractivity contribution in [1.82, 2.24) is 0 Å². The van der Waals surface area contributed by atoms with Gasteiger partial charge in [0.2, 0.25) is 0 Å². The zero-order valence-corrected chi connectivity index (χ0v) is 28.3. The molecule has 9 rings (SSSR count). The molecule has 0 amide bonds. The Hall–Kier alpha value is -6.01. The monoisotopic (exact) mass is 656 g/mol. The minimum absolute atomic E-state index is 0.817. The summed E-state index contributed by atoms with van der Waals surface area (Å²) in [6.07, 6.45) is 0. The Labute approximate surface area is 292 Å². The molecule has 0 saturated carbocycles. The number of rotatable bonds is 6. The molecule has 0 heterocycles. The van der Waals surface area contributed by atoms with Gasteiger partial charge in [-0.05, 0) is 65.7 Å². The van der Waals surface area contributed by atoms with Crippen molar-refractivity contribution >= 4 is 55.4 Å². The van der Waals surface area contributed by atoms with E-state index in [2.05, 4.69) is 200 Å². The van der Waals surface area contributed by atoms with Crippen LogP contribution >= 0.6 is 7.14 Å². The van der Waals surface area contributed by atoms with Gasteiger partial charge in [0.25, 0.3) is 0 Å². The van der Waals surface area contributed by atoms with Crippen molar-refractivity contribution in [2.45, 2.75) is 0 Å². The fraction of sp³-hybridized carbons (Fsp3) is 0. The third-order valence-electron chi connectivity index (χ3n) is 9.99. The van der Waals surface area contributed by atoms with Crippen LogP contribution in [0.1, 0.15) is 0 Å². The number of fused-ring (bicyclic) bond motifs is 3. The quantitative estimate of drug-likeness (QED) is 0.163. The molecule has 0 spiro atoms. The standard InChI is InChI=1S/C48H33OP/c49-50(40-28-22-37(23-29-40)46-19-7-13-34-10-1-4-16-43(34)46,41-30-24-38(25-31-41)47-20-8-14-35-11-2-5-17-44(35)47)42-32-26-39(27-33-42)48-21-9-15-36-12-3-6-18-45(36)48/h1-33H. The smallest absolute Gasteiger partial charge is 0.171 e. The van der Waals surface area contributed by atoms with E-state index in [1.54, 1.807) is 0 Å². The first kappa shape index (κ1) is 30.1. The molecule has 0 N–H and O–H groups in total. The Balaban J connectivity index is 1.16. The van der Waals surface area contributed by atoms with Crippen LogP contribution in [0.5, 0.6) is 0 Å². The molecule has 1 nitrogen and oxygen atoms in total. The van der Waals surface area contributed by atoms with E-state index in [4.69, 9.17) is 0 Å². The molecule has 236 valence electrons. The predicted molar refractivity (Wildman–Crippen MR) is 215 cm³/mol. The molecule has 0 bridgehead atoms. The van der Waals surface area contributed by atoms with Gasteiger partial charge in [-0.25, -0.2) is 0 Å². The molecule has 0 fully saturated rings. The van der Waals surface area contributed by atoms with Gasteiger partial charge in [-0.3, -0.25) is 0 Å². The van der Waals surface area contributed by atoms with Crippen LogP contribution in [0.3, 0.4) is 0 Å². The Morgan fingerprint density at radius 3 is 0.820 bits per heavy atom. The van der Waals surface area contributed by atoms with Gasteiger partial charge >= 0.3 is 0 Å². The summed E-state index contributed by atoms with van der Waals surface area (Å²) in [6.45, 7) is 0. The van der Waals surface area contributed by atoms with Gasteiger partial charge in [-0.2, -0.15) is 0 Å². The van der Waals surface area contributed by atoms with E-state index in [1.165, 1.54) is 49.0 Å². The summed E-state index contributed by atoms with van der Waals surface area (Å²) in [5.74, 6) is 0. The minimum atomic E-state index is -3.25. The Bertz CT molecular complexity index is 2390. The molecule has 9 aromatic carbocycles. The molecule has 2 heteroatoms. The maximum atomic E-state index is 15.8. The summed E-state index contributed by atoms with van der Waals surface area (Å²) in [5, 5.41) is 9.69. The molecule has 0 atom stereocenters. The molecule has 0 saturated heterocycles. The van der Waals surface area contributed by atoms with Gasteiger partial charge in [0.05, 0.1) is 0 Å². The van der Waals surface area contributed by atoms with Gasteiger partial charge < -0.3 is 4.57 Å². The van der Waals surface area contributed by atoms with Crippen LogP contribution in [0.4, 0.5) is 0 Å².